The Balaban J connectivity index is 1.61. The molecule has 3 rings (SSSR count). The van der Waals surface area contributed by atoms with Crippen molar-refractivity contribution in [1.82, 2.24) is 5.43 Å². The number of nitrogens with zero attached hydrogens (tertiary/aromatic N) is 1. The lowest BCUT2D eigenvalue weighted by molar-refractivity contribution is 0.0734. The summed E-state index contributed by atoms with van der Waals surface area (Å²) in [6.45, 7) is 1.95. The quantitative estimate of drug-likeness (QED) is 0.298. The third-order valence-electron chi connectivity index (χ3n) is 3.84. The summed E-state index contributed by atoms with van der Waals surface area (Å²) in [6.07, 6.45) is 1.48. The highest BCUT2D eigenvalue weighted by Gasteiger charge is 2.08. The normalized spacial score (nSPS) is 10.6. The molecule has 0 bridgehead atoms. The van der Waals surface area contributed by atoms with Crippen molar-refractivity contribution in [3.8, 4) is 5.75 Å². The summed E-state index contributed by atoms with van der Waals surface area (Å²) in [5.74, 6) is -0.422. The summed E-state index contributed by atoms with van der Waals surface area (Å²) < 4.78 is 5.36. The molecule has 6 heteroatoms. The zero-order valence-corrected chi connectivity index (χ0v) is 15.8. The van der Waals surface area contributed by atoms with Crippen LogP contribution in [0.5, 0.6) is 5.75 Å². The first-order valence-corrected chi connectivity index (χ1v) is 8.87. The van der Waals surface area contributed by atoms with Gasteiger partial charge in [0.25, 0.3) is 5.91 Å². The number of amides is 1. The predicted molar refractivity (Wildman–Crippen MR) is 109 cm³/mol. The van der Waals surface area contributed by atoms with E-state index in [-0.39, 0.29) is 5.91 Å². The van der Waals surface area contributed by atoms with E-state index in [9.17, 15) is 9.59 Å². The number of carbonyl (C=O) groups excluding carboxylic acids is 2. The Morgan fingerprint density at radius 1 is 0.964 bits per heavy atom. The molecule has 3 aromatic carbocycles. The summed E-state index contributed by atoms with van der Waals surface area (Å²) in [5.41, 5.74) is 5.13. The number of rotatable bonds is 5. The number of esters is 1. The van der Waals surface area contributed by atoms with E-state index in [1.54, 1.807) is 60.7 Å². The molecule has 0 saturated carbocycles. The maximum atomic E-state index is 12.2. The number of nitrogens with one attached hydrogen (secondary N) is 1. The SMILES string of the molecule is Cc1ccc(C(=O)N/N=C\c2cccc(OC(=O)c3ccc(Cl)cc3)c2)cc1. The molecule has 0 aromatic heterocycles. The first kappa shape index (κ1) is 19.3. The lowest BCUT2D eigenvalue weighted by Gasteiger charge is -2.05. The van der Waals surface area contributed by atoms with Gasteiger partial charge < -0.3 is 4.74 Å². The molecule has 0 heterocycles. The number of hydrogen-bond acceptors (Lipinski definition) is 4. The third kappa shape index (κ3) is 5.28. The molecule has 0 atom stereocenters. The van der Waals surface area contributed by atoms with Crippen molar-refractivity contribution < 1.29 is 14.3 Å². The van der Waals surface area contributed by atoms with Gasteiger partial charge in [0.1, 0.15) is 5.75 Å². The van der Waals surface area contributed by atoms with E-state index >= 15 is 0 Å². The maximum absolute atomic E-state index is 12.2. The minimum absolute atomic E-state index is 0.304. The van der Waals surface area contributed by atoms with Crippen LogP contribution in [-0.4, -0.2) is 18.1 Å². The van der Waals surface area contributed by atoms with Crippen molar-refractivity contribution >= 4 is 29.7 Å². The number of halogens is 1. The molecule has 0 aliphatic rings. The number of hydrazone groups is 1. The lowest BCUT2D eigenvalue weighted by Crippen LogP contribution is -2.17. The van der Waals surface area contributed by atoms with Crippen LogP contribution < -0.4 is 10.2 Å². The van der Waals surface area contributed by atoms with Crippen LogP contribution in [0, 0.1) is 6.92 Å². The summed E-state index contributed by atoms with van der Waals surface area (Å²) in [6, 6.07) is 20.4. The number of hydrogen-bond donors (Lipinski definition) is 1. The molecule has 140 valence electrons. The molecule has 0 unspecified atom stereocenters. The molecule has 5 nitrogen and oxygen atoms in total. The molecule has 28 heavy (non-hydrogen) atoms. The Labute approximate surface area is 167 Å². The zero-order valence-electron chi connectivity index (χ0n) is 15.1. The van der Waals surface area contributed by atoms with Gasteiger partial charge in [-0.2, -0.15) is 5.10 Å². The van der Waals surface area contributed by atoms with Crippen molar-refractivity contribution in [2.75, 3.05) is 0 Å². The second kappa shape index (κ2) is 8.97. The fraction of sp³-hybridized carbons (Fsp3) is 0.0455. The van der Waals surface area contributed by atoms with Crippen molar-refractivity contribution in [1.29, 1.82) is 0 Å². The average Bonchev–Trinajstić information content (AvgIpc) is 2.69. The Bertz CT molecular complexity index is 1010. The zero-order chi connectivity index (χ0) is 19.9. The molecular weight excluding hydrogens is 376 g/mol. The van der Waals surface area contributed by atoms with Crippen molar-refractivity contribution in [3.05, 3.63) is 100 Å². The van der Waals surface area contributed by atoms with Crippen LogP contribution in [0.2, 0.25) is 5.02 Å². The molecule has 1 N–H and O–H groups in total. The van der Waals surface area contributed by atoms with E-state index in [1.807, 2.05) is 19.1 Å². The Morgan fingerprint density at radius 2 is 1.64 bits per heavy atom. The topological polar surface area (TPSA) is 67.8 Å². The van der Waals surface area contributed by atoms with Gasteiger partial charge >= 0.3 is 5.97 Å². The molecule has 0 spiro atoms. The number of carbonyl (C=O) groups is 2. The van der Waals surface area contributed by atoms with Gasteiger partial charge in [0.15, 0.2) is 0 Å². The fourth-order valence-electron chi connectivity index (χ4n) is 2.35. The van der Waals surface area contributed by atoms with E-state index in [2.05, 4.69) is 10.5 Å². The maximum Gasteiger partial charge on any atom is 0.343 e. The van der Waals surface area contributed by atoms with Crippen molar-refractivity contribution in [3.63, 3.8) is 0 Å². The van der Waals surface area contributed by atoms with Gasteiger partial charge in [-0.15, -0.1) is 0 Å². The highest BCUT2D eigenvalue weighted by molar-refractivity contribution is 6.30. The van der Waals surface area contributed by atoms with Crippen LogP contribution in [0.4, 0.5) is 0 Å². The standard InChI is InChI=1S/C22H17ClN2O3/c1-15-5-7-17(8-6-15)21(26)25-24-14-16-3-2-4-20(13-16)28-22(27)18-9-11-19(23)12-10-18/h2-14H,1H3,(H,25,26)/b24-14-. The smallest absolute Gasteiger partial charge is 0.343 e. The molecule has 3 aromatic rings. The molecule has 0 saturated heterocycles. The van der Waals surface area contributed by atoms with E-state index < -0.39 is 5.97 Å². The van der Waals surface area contributed by atoms with Gasteiger partial charge in [-0.25, -0.2) is 10.2 Å². The summed E-state index contributed by atoms with van der Waals surface area (Å²) in [7, 11) is 0. The predicted octanol–water partition coefficient (Wildman–Crippen LogP) is 4.63. The summed E-state index contributed by atoms with van der Waals surface area (Å²) >= 11 is 5.82. The van der Waals surface area contributed by atoms with Crippen LogP contribution in [0.1, 0.15) is 31.8 Å². The lowest BCUT2D eigenvalue weighted by atomic mass is 10.1. The fourth-order valence-corrected chi connectivity index (χ4v) is 2.47. The van der Waals surface area contributed by atoms with Crippen LogP contribution in [0.3, 0.4) is 0 Å². The molecule has 0 fully saturated rings. The first-order valence-electron chi connectivity index (χ1n) is 8.49. The van der Waals surface area contributed by atoms with E-state index in [0.717, 1.165) is 5.56 Å². The largest absolute Gasteiger partial charge is 0.423 e. The minimum Gasteiger partial charge on any atom is -0.423 e. The second-order valence-corrected chi connectivity index (χ2v) is 6.47. The number of aryl methyl sites for hydroxylation is 1. The van der Waals surface area contributed by atoms with Gasteiger partial charge in [-0.3, -0.25) is 4.79 Å². The Kier molecular flexibility index (Phi) is 6.19. The van der Waals surface area contributed by atoms with Crippen molar-refractivity contribution in [2.45, 2.75) is 6.92 Å². The van der Waals surface area contributed by atoms with Gasteiger partial charge in [0.2, 0.25) is 0 Å². The molecule has 0 aliphatic carbocycles. The summed E-state index contributed by atoms with van der Waals surface area (Å²) in [5, 5.41) is 4.49. The molecule has 0 aliphatic heterocycles. The molecule has 0 radical (unpaired) electrons. The van der Waals surface area contributed by atoms with E-state index in [4.69, 9.17) is 16.3 Å². The monoisotopic (exact) mass is 392 g/mol. The highest BCUT2D eigenvalue weighted by atomic mass is 35.5. The molecule has 1 amide bonds. The number of benzene rings is 3. The van der Waals surface area contributed by atoms with E-state index in [1.165, 1.54) is 6.21 Å². The second-order valence-electron chi connectivity index (χ2n) is 6.03. The van der Waals surface area contributed by atoms with Crippen LogP contribution in [0.15, 0.2) is 77.9 Å². The Hall–Kier alpha value is -3.44. The van der Waals surface area contributed by atoms with E-state index in [0.29, 0.717) is 27.5 Å². The average molecular weight is 393 g/mol. The van der Waals surface area contributed by atoms with Gasteiger partial charge in [-0.05, 0) is 61.0 Å². The van der Waals surface area contributed by atoms with Gasteiger partial charge in [-0.1, -0.05) is 41.4 Å². The first-order chi connectivity index (χ1) is 13.5. The summed E-state index contributed by atoms with van der Waals surface area (Å²) in [4.78, 5) is 24.2. The molecular formula is C22H17ClN2O3. The van der Waals surface area contributed by atoms with Gasteiger partial charge in [0, 0.05) is 10.6 Å². The van der Waals surface area contributed by atoms with Crippen LogP contribution in [0.25, 0.3) is 0 Å². The van der Waals surface area contributed by atoms with Crippen LogP contribution in [-0.2, 0) is 0 Å². The van der Waals surface area contributed by atoms with Gasteiger partial charge in [0.05, 0.1) is 11.8 Å². The Morgan fingerprint density at radius 3 is 2.36 bits per heavy atom. The van der Waals surface area contributed by atoms with Crippen molar-refractivity contribution in [2.24, 2.45) is 5.10 Å². The van der Waals surface area contributed by atoms with Crippen LogP contribution >= 0.6 is 11.6 Å². The third-order valence-corrected chi connectivity index (χ3v) is 4.09. The highest BCUT2D eigenvalue weighted by Crippen LogP contribution is 2.16. The number of ether oxygens (including phenoxy) is 1. The minimum atomic E-state index is -0.488.